The van der Waals surface area contributed by atoms with Crippen molar-refractivity contribution in [3.05, 3.63) is 48.0 Å². The van der Waals surface area contributed by atoms with Crippen LogP contribution in [0.1, 0.15) is 5.56 Å². The van der Waals surface area contributed by atoms with Gasteiger partial charge in [-0.15, -0.1) is 8.67 Å². The minimum atomic E-state index is 0.672. The second-order valence-electron chi connectivity index (χ2n) is 4.01. The summed E-state index contributed by atoms with van der Waals surface area (Å²) in [6.45, 7) is 2.01. The number of hydrogen-bond donors (Lipinski definition) is 2. The predicted octanol–water partition coefficient (Wildman–Crippen LogP) is 4.52. The zero-order chi connectivity index (χ0) is 15.1. The molecule has 0 aromatic heterocycles. The fourth-order valence-electron chi connectivity index (χ4n) is 1.69. The highest BCUT2D eigenvalue weighted by molar-refractivity contribution is 7.95. The Kier molecular flexibility index (Phi) is 6.49. The van der Waals surface area contributed by atoms with Gasteiger partial charge >= 0.3 is 0 Å². The summed E-state index contributed by atoms with van der Waals surface area (Å²) in [5.74, 6) is 0. The van der Waals surface area contributed by atoms with Crippen LogP contribution >= 0.6 is 24.1 Å². The predicted molar refractivity (Wildman–Crippen MR) is 77.9 cm³/mol. The van der Waals surface area contributed by atoms with E-state index in [9.17, 15) is 0 Å². The Morgan fingerprint density at radius 3 is 1.76 bits per heavy atom. The molecule has 0 fully saturated rings. The molecule has 0 heterocycles. The van der Waals surface area contributed by atoms with Gasteiger partial charge in [0.25, 0.3) is 0 Å². The Bertz CT molecular complexity index is 549. The molecule has 0 aliphatic rings. The first-order valence-corrected chi connectivity index (χ1v) is 7.23. The molecule has 0 saturated heterocycles. The molecule has 0 atom stereocenters. The van der Waals surface area contributed by atoms with E-state index in [1.54, 1.807) is 6.07 Å². The number of benzene rings is 2. The third-order valence-electron chi connectivity index (χ3n) is 2.59. The second kappa shape index (κ2) is 8.37. The number of aryl methyl sites for hydroxylation is 1. The lowest BCUT2D eigenvalue weighted by Gasteiger charge is -2.08. The van der Waals surface area contributed by atoms with Crippen molar-refractivity contribution in [2.75, 3.05) is 0 Å². The molecule has 0 bridgehead atoms. The molecule has 0 amide bonds. The first-order valence-electron chi connectivity index (χ1n) is 5.74. The highest BCUT2D eigenvalue weighted by Gasteiger charge is 2.07. The van der Waals surface area contributed by atoms with Crippen LogP contribution in [0.5, 0.6) is 0 Å². The monoisotopic (exact) mass is 328 g/mol. The molecule has 2 aromatic rings. The molecule has 0 unspecified atom stereocenters. The van der Waals surface area contributed by atoms with Gasteiger partial charge in [-0.25, -0.2) is 10.5 Å². The zero-order valence-corrected chi connectivity index (χ0v) is 12.5. The Balaban J connectivity index is 2.31. The van der Waals surface area contributed by atoms with E-state index in [1.165, 1.54) is 0 Å². The molecule has 2 rings (SSSR count). The normalized spacial score (nSPS) is 10.8. The lowest BCUT2D eigenvalue weighted by Crippen LogP contribution is -1.86. The summed E-state index contributed by atoms with van der Waals surface area (Å²) < 4.78 is 8.86. The van der Waals surface area contributed by atoms with E-state index < -0.39 is 0 Å². The maximum Gasteiger partial charge on any atom is 0.0715 e. The topological polar surface area (TPSA) is 77.4 Å². The van der Waals surface area contributed by atoms with Crippen molar-refractivity contribution in [1.29, 1.82) is 0 Å². The quantitative estimate of drug-likeness (QED) is 0.436. The first kappa shape index (κ1) is 16.3. The van der Waals surface area contributed by atoms with Crippen LogP contribution in [0.3, 0.4) is 0 Å². The minimum absolute atomic E-state index is 0.672. The van der Waals surface area contributed by atoms with E-state index in [1.807, 2.05) is 43.3 Å². The molecule has 2 N–H and O–H groups in total. The van der Waals surface area contributed by atoms with Gasteiger partial charge in [0.2, 0.25) is 0 Å². The summed E-state index contributed by atoms with van der Waals surface area (Å²) >= 11 is 1.67. The zero-order valence-electron chi connectivity index (χ0n) is 10.9. The van der Waals surface area contributed by atoms with Gasteiger partial charge in [-0.05, 0) is 36.2 Å². The van der Waals surface area contributed by atoms with Gasteiger partial charge in [-0.1, -0.05) is 39.9 Å². The Morgan fingerprint density at radius 1 is 0.762 bits per heavy atom. The average molecular weight is 328 g/mol. The summed E-state index contributed by atoms with van der Waals surface area (Å²) in [4.78, 5) is 1.34. The molecule has 0 aliphatic heterocycles. The van der Waals surface area contributed by atoms with Crippen molar-refractivity contribution in [2.45, 2.75) is 16.7 Å². The van der Waals surface area contributed by atoms with Crippen molar-refractivity contribution in [2.24, 2.45) is 0 Å². The fourth-order valence-corrected chi connectivity index (χ4v) is 2.68. The third kappa shape index (κ3) is 4.99. The molecule has 8 heteroatoms. The van der Waals surface area contributed by atoms with Gasteiger partial charge in [0.1, 0.15) is 0 Å². The van der Waals surface area contributed by atoms with Gasteiger partial charge in [-0.2, -0.15) is 0 Å². The molecule has 112 valence electrons. The van der Waals surface area contributed by atoms with Gasteiger partial charge in [0.05, 0.1) is 24.1 Å². The van der Waals surface area contributed by atoms with Gasteiger partial charge in [0, 0.05) is 9.79 Å². The van der Waals surface area contributed by atoms with E-state index in [2.05, 4.69) is 18.7 Å². The summed E-state index contributed by atoms with van der Waals surface area (Å²) in [6, 6.07) is 13.4. The van der Waals surface area contributed by atoms with E-state index in [0.29, 0.717) is 9.79 Å². The second-order valence-corrected chi connectivity index (χ2v) is 5.56. The minimum Gasteiger partial charge on any atom is -0.220 e. The fraction of sp³-hybridized carbons (Fsp3) is 0.0769. The molecule has 0 aliphatic carbocycles. The van der Waals surface area contributed by atoms with Crippen LogP contribution in [0.25, 0.3) is 11.1 Å². The van der Waals surface area contributed by atoms with Crippen LogP contribution < -0.4 is 0 Å². The third-order valence-corrected chi connectivity index (χ3v) is 3.70. The Labute approximate surface area is 129 Å². The van der Waals surface area contributed by atoms with Crippen LogP contribution in [0.15, 0.2) is 52.3 Å². The molecular weight excluding hydrogens is 316 g/mol. The highest BCUT2D eigenvalue weighted by Crippen LogP contribution is 2.32. The summed E-state index contributed by atoms with van der Waals surface area (Å²) in [7, 11) is 0. The molecular formula is C13H12O6S2. The number of rotatable bonds is 7. The van der Waals surface area contributed by atoms with Gasteiger partial charge in [-0.3, -0.25) is 0 Å². The lowest BCUT2D eigenvalue weighted by molar-refractivity contribution is -0.432. The Hall–Kier alpha value is -1.10. The summed E-state index contributed by atoms with van der Waals surface area (Å²) in [6.07, 6.45) is 0. The van der Waals surface area contributed by atoms with Crippen molar-refractivity contribution >= 4 is 24.1 Å². The maximum absolute atomic E-state index is 8.23. The standard InChI is InChI=1S/C13H12O6S2/c1-9-2-4-10(5-3-9)11-6-12(20-18-16-14)8-13(7-11)21-19-17-15/h2-8,14-15H,1H3. The summed E-state index contributed by atoms with van der Waals surface area (Å²) in [5.41, 5.74) is 3.07. The lowest BCUT2D eigenvalue weighted by atomic mass is 10.0. The molecule has 6 nitrogen and oxygen atoms in total. The maximum atomic E-state index is 8.23. The molecule has 0 spiro atoms. The molecule has 21 heavy (non-hydrogen) atoms. The van der Waals surface area contributed by atoms with Gasteiger partial charge < -0.3 is 0 Å². The van der Waals surface area contributed by atoms with Crippen LogP contribution in [0.2, 0.25) is 0 Å². The van der Waals surface area contributed by atoms with E-state index >= 15 is 0 Å². The van der Waals surface area contributed by atoms with E-state index in [4.69, 9.17) is 10.5 Å². The van der Waals surface area contributed by atoms with Crippen molar-refractivity contribution < 1.29 is 29.3 Å². The van der Waals surface area contributed by atoms with Crippen LogP contribution in [-0.2, 0) is 18.7 Å². The smallest absolute Gasteiger partial charge is 0.0715 e. The van der Waals surface area contributed by atoms with E-state index in [-0.39, 0.29) is 0 Å². The SMILES string of the molecule is Cc1ccc(-c2cc(SOOO)cc(SOOO)c2)cc1. The van der Waals surface area contributed by atoms with Crippen molar-refractivity contribution in [1.82, 2.24) is 0 Å². The number of hydrogen-bond acceptors (Lipinski definition) is 8. The van der Waals surface area contributed by atoms with Crippen molar-refractivity contribution in [3.8, 4) is 11.1 Å². The van der Waals surface area contributed by atoms with Crippen LogP contribution in [-0.4, -0.2) is 10.5 Å². The molecule has 0 radical (unpaired) electrons. The largest absolute Gasteiger partial charge is 0.220 e. The van der Waals surface area contributed by atoms with E-state index in [0.717, 1.165) is 40.8 Å². The van der Waals surface area contributed by atoms with Crippen LogP contribution in [0, 0.1) is 6.92 Å². The average Bonchev–Trinajstić information content (AvgIpc) is 2.51. The molecule has 2 aromatic carbocycles. The van der Waals surface area contributed by atoms with Gasteiger partial charge in [0.15, 0.2) is 0 Å². The van der Waals surface area contributed by atoms with Crippen molar-refractivity contribution in [3.63, 3.8) is 0 Å². The highest BCUT2D eigenvalue weighted by atomic mass is 32.2. The Morgan fingerprint density at radius 2 is 1.29 bits per heavy atom. The first-order chi connectivity index (χ1) is 10.2. The van der Waals surface area contributed by atoms with Crippen LogP contribution in [0.4, 0.5) is 0 Å². The molecule has 0 saturated carbocycles. The summed E-state index contributed by atoms with van der Waals surface area (Å²) in [5, 5.41) is 23.6.